The van der Waals surface area contributed by atoms with Crippen LogP contribution in [0.5, 0.6) is 5.75 Å². The number of carbonyl (C=O) groups is 1. The minimum atomic E-state index is -0.342. The fourth-order valence-corrected chi connectivity index (χ4v) is 2.44. The van der Waals surface area contributed by atoms with Gasteiger partial charge in [0.05, 0.1) is 0 Å². The highest BCUT2D eigenvalue weighted by molar-refractivity contribution is 7.12. The monoisotopic (exact) mass is 269 g/mol. The number of pyridine rings is 1. The fraction of sp³-hybridized carbons (Fsp3) is 0.0667. The van der Waals surface area contributed by atoms with Gasteiger partial charge < -0.3 is 4.74 Å². The average molecular weight is 269 g/mol. The van der Waals surface area contributed by atoms with E-state index in [1.54, 1.807) is 12.1 Å². The molecule has 0 saturated heterocycles. The number of ether oxygens (including phenoxy) is 1. The Morgan fingerprint density at radius 3 is 2.84 bits per heavy atom. The van der Waals surface area contributed by atoms with E-state index in [9.17, 15) is 4.79 Å². The van der Waals surface area contributed by atoms with Gasteiger partial charge in [-0.05, 0) is 30.5 Å². The van der Waals surface area contributed by atoms with Crippen LogP contribution in [0.4, 0.5) is 0 Å². The molecule has 0 amide bonds. The van der Waals surface area contributed by atoms with E-state index in [0.717, 1.165) is 11.1 Å². The average Bonchev–Trinajstić information content (AvgIpc) is 2.93. The van der Waals surface area contributed by atoms with E-state index in [1.165, 1.54) is 11.3 Å². The molecule has 0 bridgehead atoms. The van der Waals surface area contributed by atoms with Crippen LogP contribution < -0.4 is 4.74 Å². The van der Waals surface area contributed by atoms with Gasteiger partial charge in [0.15, 0.2) is 5.75 Å². The summed E-state index contributed by atoms with van der Waals surface area (Å²) < 4.78 is 5.44. The number of carbonyl (C=O) groups excluding carboxylic acids is 1. The number of hydrogen-bond donors (Lipinski definition) is 0. The highest BCUT2D eigenvalue weighted by Crippen LogP contribution is 2.25. The van der Waals surface area contributed by atoms with Crippen molar-refractivity contribution in [3.8, 4) is 5.75 Å². The summed E-state index contributed by atoms with van der Waals surface area (Å²) in [5, 5.41) is 2.81. The molecule has 4 heteroatoms. The molecule has 0 N–H and O–H groups in total. The van der Waals surface area contributed by atoms with Crippen LogP contribution in [0.1, 0.15) is 15.4 Å². The predicted molar refractivity (Wildman–Crippen MR) is 75.8 cm³/mol. The number of aromatic nitrogens is 1. The zero-order valence-corrected chi connectivity index (χ0v) is 11.1. The molecule has 0 radical (unpaired) electrons. The van der Waals surface area contributed by atoms with Crippen LogP contribution in [-0.4, -0.2) is 11.0 Å². The maximum Gasteiger partial charge on any atom is 0.353 e. The number of fused-ring (bicyclic) bond motifs is 1. The van der Waals surface area contributed by atoms with Gasteiger partial charge in [0, 0.05) is 11.1 Å². The van der Waals surface area contributed by atoms with Crippen LogP contribution in [0, 0.1) is 6.92 Å². The lowest BCUT2D eigenvalue weighted by atomic mass is 10.2. The Labute approximate surface area is 114 Å². The number of thiophene rings is 1. The first kappa shape index (κ1) is 11.9. The Bertz CT molecular complexity index is 735. The zero-order valence-electron chi connectivity index (χ0n) is 10.3. The first-order chi connectivity index (χ1) is 9.24. The van der Waals surface area contributed by atoms with Crippen molar-refractivity contribution < 1.29 is 9.53 Å². The van der Waals surface area contributed by atoms with Gasteiger partial charge in [-0.15, -0.1) is 11.3 Å². The Hall–Kier alpha value is -2.20. The molecule has 2 aromatic heterocycles. The van der Waals surface area contributed by atoms with Gasteiger partial charge in [0.1, 0.15) is 10.4 Å². The molecule has 0 aliphatic heterocycles. The van der Waals surface area contributed by atoms with E-state index in [4.69, 9.17) is 4.74 Å². The van der Waals surface area contributed by atoms with Crippen LogP contribution in [0.2, 0.25) is 0 Å². The van der Waals surface area contributed by atoms with Gasteiger partial charge in [-0.2, -0.15) is 0 Å². The lowest BCUT2D eigenvalue weighted by Gasteiger charge is -2.06. The number of benzene rings is 1. The molecule has 0 unspecified atom stereocenters. The Morgan fingerprint density at radius 2 is 2.05 bits per heavy atom. The number of aryl methyl sites for hydroxylation is 1. The maximum atomic E-state index is 12.0. The van der Waals surface area contributed by atoms with E-state index in [1.807, 2.05) is 42.6 Å². The predicted octanol–water partition coefficient (Wildman–Crippen LogP) is 3.82. The zero-order chi connectivity index (χ0) is 13.2. The largest absolute Gasteiger partial charge is 0.420 e. The lowest BCUT2D eigenvalue weighted by molar-refractivity contribution is 0.0742. The molecule has 3 aromatic rings. The third-order valence-corrected chi connectivity index (χ3v) is 3.60. The van der Waals surface area contributed by atoms with Gasteiger partial charge in [-0.1, -0.05) is 24.3 Å². The summed E-state index contributed by atoms with van der Waals surface area (Å²) in [6.45, 7) is 1.91. The van der Waals surface area contributed by atoms with Crippen molar-refractivity contribution in [1.29, 1.82) is 0 Å². The van der Waals surface area contributed by atoms with E-state index in [-0.39, 0.29) is 5.97 Å². The normalized spacial score (nSPS) is 10.6. The first-order valence-corrected chi connectivity index (χ1v) is 6.74. The summed E-state index contributed by atoms with van der Waals surface area (Å²) in [6, 6.07) is 13.1. The van der Waals surface area contributed by atoms with Gasteiger partial charge in [-0.25, -0.2) is 9.78 Å². The molecule has 19 heavy (non-hydrogen) atoms. The highest BCUT2D eigenvalue weighted by Gasteiger charge is 2.12. The number of rotatable bonds is 2. The van der Waals surface area contributed by atoms with E-state index < -0.39 is 0 Å². The fourth-order valence-electron chi connectivity index (χ4n) is 1.84. The summed E-state index contributed by atoms with van der Waals surface area (Å²) in [5.74, 6) is 0.158. The number of para-hydroxylation sites is 1. The lowest BCUT2D eigenvalue weighted by Crippen LogP contribution is -2.07. The second kappa shape index (κ2) is 4.82. The molecule has 0 aliphatic carbocycles. The highest BCUT2D eigenvalue weighted by atomic mass is 32.1. The minimum absolute atomic E-state index is 0.342. The van der Waals surface area contributed by atoms with Crippen LogP contribution in [0.25, 0.3) is 10.9 Å². The third kappa shape index (κ3) is 2.35. The number of hydrogen-bond acceptors (Lipinski definition) is 4. The molecule has 0 saturated carbocycles. The topological polar surface area (TPSA) is 39.2 Å². The summed E-state index contributed by atoms with van der Waals surface area (Å²) in [6.07, 6.45) is 0. The van der Waals surface area contributed by atoms with E-state index >= 15 is 0 Å². The molecule has 94 valence electrons. The van der Waals surface area contributed by atoms with Crippen LogP contribution in [0.15, 0.2) is 47.8 Å². The SMILES string of the molecule is Cc1ccc2cccc(OC(=O)c3cccs3)c2n1. The van der Waals surface area contributed by atoms with Crippen LogP contribution >= 0.6 is 11.3 Å². The van der Waals surface area contributed by atoms with Gasteiger partial charge in [0.2, 0.25) is 0 Å². The minimum Gasteiger partial charge on any atom is -0.420 e. The maximum absolute atomic E-state index is 12.0. The Balaban J connectivity index is 2.01. The van der Waals surface area contributed by atoms with E-state index in [2.05, 4.69) is 4.98 Å². The van der Waals surface area contributed by atoms with Crippen molar-refractivity contribution in [3.63, 3.8) is 0 Å². The Morgan fingerprint density at radius 1 is 1.16 bits per heavy atom. The quantitative estimate of drug-likeness (QED) is 0.524. The number of esters is 1. The van der Waals surface area contributed by atoms with Gasteiger partial charge >= 0.3 is 5.97 Å². The van der Waals surface area contributed by atoms with Crippen LogP contribution in [-0.2, 0) is 0 Å². The first-order valence-electron chi connectivity index (χ1n) is 5.86. The summed E-state index contributed by atoms with van der Waals surface area (Å²) in [5.41, 5.74) is 1.61. The van der Waals surface area contributed by atoms with Crippen molar-refractivity contribution in [2.24, 2.45) is 0 Å². The number of nitrogens with zero attached hydrogens (tertiary/aromatic N) is 1. The molecule has 0 fully saturated rings. The van der Waals surface area contributed by atoms with Crippen molar-refractivity contribution in [2.75, 3.05) is 0 Å². The Kier molecular flexibility index (Phi) is 3.01. The molecular formula is C15H11NO2S. The molecule has 0 aliphatic rings. The molecule has 0 spiro atoms. The molecule has 1 aromatic carbocycles. The van der Waals surface area contributed by atoms with Gasteiger partial charge in [-0.3, -0.25) is 0 Å². The molecular weight excluding hydrogens is 258 g/mol. The van der Waals surface area contributed by atoms with Gasteiger partial charge in [0.25, 0.3) is 0 Å². The van der Waals surface area contributed by atoms with Crippen LogP contribution in [0.3, 0.4) is 0 Å². The second-order valence-electron chi connectivity index (χ2n) is 4.15. The summed E-state index contributed by atoms with van der Waals surface area (Å²) >= 11 is 1.36. The molecule has 3 nitrogen and oxygen atoms in total. The summed E-state index contributed by atoms with van der Waals surface area (Å²) in [7, 11) is 0. The second-order valence-corrected chi connectivity index (χ2v) is 5.10. The summed E-state index contributed by atoms with van der Waals surface area (Å²) in [4.78, 5) is 17.0. The van der Waals surface area contributed by atoms with Crippen molar-refractivity contribution in [3.05, 3.63) is 58.4 Å². The standard InChI is InChI=1S/C15H11NO2S/c1-10-7-8-11-4-2-5-12(14(11)16-10)18-15(17)13-6-3-9-19-13/h2-9H,1H3. The molecule has 3 rings (SSSR count). The third-order valence-electron chi connectivity index (χ3n) is 2.75. The smallest absolute Gasteiger partial charge is 0.353 e. The molecule has 0 atom stereocenters. The van der Waals surface area contributed by atoms with Crippen molar-refractivity contribution in [1.82, 2.24) is 4.98 Å². The van der Waals surface area contributed by atoms with Crippen molar-refractivity contribution in [2.45, 2.75) is 6.92 Å². The molecule has 2 heterocycles. The van der Waals surface area contributed by atoms with Crippen molar-refractivity contribution >= 4 is 28.2 Å². The van der Waals surface area contributed by atoms with E-state index in [0.29, 0.717) is 16.1 Å².